The molecule has 1 N–H and O–H groups in total. The van der Waals surface area contributed by atoms with Gasteiger partial charge >= 0.3 is 5.97 Å². The van der Waals surface area contributed by atoms with Crippen LogP contribution < -0.4 is 0 Å². The molecule has 0 aromatic heterocycles. The Kier molecular flexibility index (Phi) is 10.3. The van der Waals surface area contributed by atoms with Crippen molar-refractivity contribution in [2.75, 3.05) is 0 Å². The van der Waals surface area contributed by atoms with Gasteiger partial charge in [0.1, 0.15) is 5.25 Å². The maximum atomic E-state index is 10.6. The van der Waals surface area contributed by atoms with Crippen molar-refractivity contribution in [1.29, 1.82) is 0 Å². The molecule has 0 aliphatic carbocycles. The fraction of sp³-hybridized carbons (Fsp3) is 0.588. The molecule has 0 aliphatic rings. The number of carboxylic acid groups (broad SMARTS) is 1. The lowest BCUT2D eigenvalue weighted by Crippen LogP contribution is -2.11. The molecule has 3 heteroatoms. The highest BCUT2D eigenvalue weighted by Gasteiger charge is 2.09. The normalized spacial score (nSPS) is 14.1. The number of hydrogen-bond donors (Lipinski definition) is 2. The quantitative estimate of drug-likeness (QED) is 0.454. The first kappa shape index (κ1) is 19.0. The van der Waals surface area contributed by atoms with E-state index in [9.17, 15) is 4.79 Å². The minimum absolute atomic E-state index is 0.494. The van der Waals surface area contributed by atoms with Crippen molar-refractivity contribution >= 4 is 18.6 Å². The van der Waals surface area contributed by atoms with Crippen LogP contribution >= 0.6 is 12.6 Å². The van der Waals surface area contributed by atoms with Crippen molar-refractivity contribution in [3.05, 3.63) is 34.9 Å². The van der Waals surface area contributed by atoms with E-state index in [1.807, 2.05) is 6.08 Å². The van der Waals surface area contributed by atoms with Crippen LogP contribution in [-0.4, -0.2) is 16.3 Å². The first-order valence-corrected chi connectivity index (χ1v) is 7.70. The Hall–Kier alpha value is -0.960. The van der Waals surface area contributed by atoms with E-state index in [-0.39, 0.29) is 0 Å². The average molecular weight is 296 g/mol. The molecule has 114 valence electrons. The third-order valence-electron chi connectivity index (χ3n) is 3.10. The van der Waals surface area contributed by atoms with Gasteiger partial charge in [0.25, 0.3) is 0 Å². The van der Waals surface area contributed by atoms with Gasteiger partial charge in [-0.3, -0.25) is 4.79 Å². The molecule has 0 saturated heterocycles. The monoisotopic (exact) mass is 296 g/mol. The summed E-state index contributed by atoms with van der Waals surface area (Å²) in [6, 6.07) is 0. The number of rotatable bonds is 9. The predicted molar refractivity (Wildman–Crippen MR) is 90.4 cm³/mol. The van der Waals surface area contributed by atoms with E-state index in [0.717, 1.165) is 25.7 Å². The predicted octanol–water partition coefficient (Wildman–Crippen LogP) is 5.18. The van der Waals surface area contributed by atoms with Gasteiger partial charge in [-0.05, 0) is 59.8 Å². The summed E-state index contributed by atoms with van der Waals surface area (Å²) in [5, 5.41) is 8.15. The molecule has 1 unspecified atom stereocenters. The van der Waals surface area contributed by atoms with Gasteiger partial charge in [0.15, 0.2) is 0 Å². The maximum Gasteiger partial charge on any atom is 0.316 e. The standard InChI is InChI=1S/C17H28O2S/c1-13(2)7-5-8-14(3)9-6-10-15(4)11-12-16(20)17(18)19/h7,9,11,16,20H,5-6,8,10,12H2,1-4H3,(H,18,19). The van der Waals surface area contributed by atoms with Gasteiger partial charge in [-0.15, -0.1) is 0 Å². The minimum Gasteiger partial charge on any atom is -0.480 e. The van der Waals surface area contributed by atoms with Crippen LogP contribution in [0.25, 0.3) is 0 Å². The van der Waals surface area contributed by atoms with Crippen LogP contribution in [0.1, 0.15) is 59.8 Å². The number of carboxylic acids is 1. The smallest absolute Gasteiger partial charge is 0.316 e. The first-order chi connectivity index (χ1) is 9.32. The number of allylic oxidation sites excluding steroid dienone is 6. The van der Waals surface area contributed by atoms with Crippen molar-refractivity contribution < 1.29 is 9.90 Å². The fourth-order valence-electron chi connectivity index (χ4n) is 1.75. The Labute approximate surface area is 129 Å². The molecule has 0 spiro atoms. The van der Waals surface area contributed by atoms with Crippen LogP contribution in [0.15, 0.2) is 34.9 Å². The molecular formula is C17H28O2S. The molecule has 0 fully saturated rings. The molecule has 0 aromatic rings. The third kappa shape index (κ3) is 10.9. The molecule has 1 atom stereocenters. The molecule has 2 nitrogen and oxygen atoms in total. The van der Waals surface area contributed by atoms with Crippen LogP contribution in [0.5, 0.6) is 0 Å². The number of thiol groups is 1. The van der Waals surface area contributed by atoms with Crippen LogP contribution in [0.4, 0.5) is 0 Å². The van der Waals surface area contributed by atoms with Gasteiger partial charge in [0, 0.05) is 0 Å². The highest BCUT2D eigenvalue weighted by Crippen LogP contribution is 2.13. The lowest BCUT2D eigenvalue weighted by molar-refractivity contribution is -0.136. The zero-order valence-corrected chi connectivity index (χ0v) is 14.0. The zero-order chi connectivity index (χ0) is 15.5. The van der Waals surface area contributed by atoms with E-state index in [1.54, 1.807) is 0 Å². The molecule has 0 aliphatic heterocycles. The summed E-state index contributed by atoms with van der Waals surface area (Å²) in [5.74, 6) is -0.854. The highest BCUT2D eigenvalue weighted by molar-refractivity contribution is 7.81. The second kappa shape index (κ2) is 10.8. The molecule has 0 amide bonds. The summed E-state index contributed by atoms with van der Waals surface area (Å²) in [5.41, 5.74) is 4.03. The second-order valence-electron chi connectivity index (χ2n) is 5.55. The van der Waals surface area contributed by atoms with E-state index >= 15 is 0 Å². The van der Waals surface area contributed by atoms with E-state index < -0.39 is 11.2 Å². The summed E-state index contributed by atoms with van der Waals surface area (Å²) in [6.07, 6.45) is 11.3. The first-order valence-electron chi connectivity index (χ1n) is 7.18. The van der Waals surface area contributed by atoms with E-state index in [0.29, 0.717) is 6.42 Å². The molecular weight excluding hydrogens is 268 g/mol. The molecule has 20 heavy (non-hydrogen) atoms. The van der Waals surface area contributed by atoms with Gasteiger partial charge in [0.05, 0.1) is 0 Å². The summed E-state index contributed by atoms with van der Waals surface area (Å²) in [7, 11) is 0. The Morgan fingerprint density at radius 2 is 1.50 bits per heavy atom. The Morgan fingerprint density at radius 3 is 2.00 bits per heavy atom. The lowest BCUT2D eigenvalue weighted by Gasteiger charge is -2.03. The lowest BCUT2D eigenvalue weighted by atomic mass is 10.1. The topological polar surface area (TPSA) is 37.3 Å². The Morgan fingerprint density at radius 1 is 1.00 bits per heavy atom. The number of hydrogen-bond acceptors (Lipinski definition) is 2. The van der Waals surface area contributed by atoms with Crippen molar-refractivity contribution in [1.82, 2.24) is 0 Å². The Bertz CT molecular complexity index is 388. The van der Waals surface area contributed by atoms with Crippen molar-refractivity contribution in [3.63, 3.8) is 0 Å². The van der Waals surface area contributed by atoms with Gasteiger partial charge in [-0.25, -0.2) is 0 Å². The maximum absolute atomic E-state index is 10.6. The highest BCUT2D eigenvalue weighted by atomic mass is 32.1. The molecule has 0 bridgehead atoms. The van der Waals surface area contributed by atoms with Crippen LogP contribution in [-0.2, 0) is 4.79 Å². The van der Waals surface area contributed by atoms with Crippen LogP contribution in [0.2, 0.25) is 0 Å². The van der Waals surface area contributed by atoms with E-state index in [2.05, 4.69) is 52.5 Å². The van der Waals surface area contributed by atoms with Crippen molar-refractivity contribution in [3.8, 4) is 0 Å². The van der Waals surface area contributed by atoms with Gasteiger partial charge in [0.2, 0.25) is 0 Å². The third-order valence-corrected chi connectivity index (χ3v) is 3.53. The fourth-order valence-corrected chi connectivity index (χ4v) is 1.86. The molecule has 0 heterocycles. The van der Waals surface area contributed by atoms with E-state index in [4.69, 9.17) is 5.11 Å². The molecule has 0 aromatic carbocycles. The second-order valence-corrected chi connectivity index (χ2v) is 6.17. The van der Waals surface area contributed by atoms with Gasteiger partial charge in [-0.1, -0.05) is 34.9 Å². The van der Waals surface area contributed by atoms with E-state index in [1.165, 1.54) is 16.7 Å². The SMILES string of the molecule is CC(C)=CCCC(C)=CCCC(C)=CCC(S)C(=O)O. The van der Waals surface area contributed by atoms with Crippen LogP contribution in [0, 0.1) is 0 Å². The number of carbonyl (C=O) groups is 1. The van der Waals surface area contributed by atoms with Crippen molar-refractivity contribution in [2.24, 2.45) is 0 Å². The summed E-state index contributed by atoms with van der Waals surface area (Å²) in [6.45, 7) is 8.47. The number of aliphatic carboxylic acids is 1. The average Bonchev–Trinajstić information content (AvgIpc) is 2.35. The van der Waals surface area contributed by atoms with Crippen molar-refractivity contribution in [2.45, 2.75) is 65.0 Å². The molecule has 0 saturated carbocycles. The van der Waals surface area contributed by atoms with Gasteiger partial charge in [-0.2, -0.15) is 12.6 Å². The Balaban J connectivity index is 3.99. The zero-order valence-electron chi connectivity index (χ0n) is 13.1. The minimum atomic E-state index is -0.854. The summed E-state index contributed by atoms with van der Waals surface area (Å²) < 4.78 is 0. The summed E-state index contributed by atoms with van der Waals surface area (Å²) >= 11 is 4.02. The molecule has 0 rings (SSSR count). The van der Waals surface area contributed by atoms with Gasteiger partial charge < -0.3 is 5.11 Å². The summed E-state index contributed by atoms with van der Waals surface area (Å²) in [4.78, 5) is 10.6. The largest absolute Gasteiger partial charge is 0.480 e. The molecule has 0 radical (unpaired) electrons. The van der Waals surface area contributed by atoms with Crippen LogP contribution in [0.3, 0.4) is 0 Å².